The van der Waals surface area contributed by atoms with Gasteiger partial charge in [0, 0.05) is 18.4 Å². The summed E-state index contributed by atoms with van der Waals surface area (Å²) >= 11 is 0. The first-order valence-corrected chi connectivity index (χ1v) is 8.69. The van der Waals surface area contributed by atoms with Gasteiger partial charge in [-0.05, 0) is 24.3 Å². The van der Waals surface area contributed by atoms with Crippen molar-refractivity contribution < 1.29 is 14.0 Å². The molecule has 1 aromatic heterocycles. The van der Waals surface area contributed by atoms with Crippen molar-refractivity contribution in [2.45, 2.75) is 12.8 Å². The third-order valence-electron chi connectivity index (χ3n) is 5.19. The fourth-order valence-corrected chi connectivity index (χ4v) is 3.89. The summed E-state index contributed by atoms with van der Waals surface area (Å²) in [6, 6.07) is 18.8. The maximum atomic E-state index is 12.9. The molecule has 5 rings (SSSR count). The number of oxazole rings is 1. The van der Waals surface area contributed by atoms with Gasteiger partial charge >= 0.3 is 0 Å². The van der Waals surface area contributed by atoms with Gasteiger partial charge in [0.2, 0.25) is 17.7 Å². The first-order valence-electron chi connectivity index (χ1n) is 8.69. The van der Waals surface area contributed by atoms with Crippen molar-refractivity contribution >= 4 is 17.5 Å². The van der Waals surface area contributed by atoms with Crippen LogP contribution in [0.15, 0.2) is 65.1 Å². The van der Waals surface area contributed by atoms with Crippen LogP contribution in [0.3, 0.4) is 0 Å². The van der Waals surface area contributed by atoms with Gasteiger partial charge in [0.1, 0.15) is 5.76 Å². The van der Waals surface area contributed by atoms with Gasteiger partial charge in [-0.3, -0.25) is 14.5 Å². The maximum absolute atomic E-state index is 12.9. The second kappa shape index (κ2) is 5.66. The summed E-state index contributed by atoms with van der Waals surface area (Å²) in [5, 5.41) is 0. The maximum Gasteiger partial charge on any atom is 0.238 e. The Morgan fingerprint density at radius 3 is 2.15 bits per heavy atom. The minimum atomic E-state index is -0.369. The minimum Gasteiger partial charge on any atom is -0.441 e. The highest BCUT2D eigenvalue weighted by molar-refractivity contribution is 6.22. The number of nitrogens with zero attached hydrogens (tertiary/aromatic N) is 2. The van der Waals surface area contributed by atoms with Gasteiger partial charge in [0.05, 0.1) is 23.2 Å². The number of aromatic nitrogens is 1. The van der Waals surface area contributed by atoms with E-state index in [0.717, 1.165) is 17.0 Å². The number of hydrogen-bond donors (Lipinski definition) is 0. The summed E-state index contributed by atoms with van der Waals surface area (Å²) in [5.41, 5.74) is 2.32. The van der Waals surface area contributed by atoms with Crippen LogP contribution < -0.4 is 4.90 Å². The number of carbonyl (C=O) groups excluding carboxylic acids is 2. The monoisotopic (exact) mass is 344 g/mol. The standard InChI is InChI=1S/C21H16N2O3/c24-20-15-11-17-18(26-19(22-17)13-7-3-1-4-8-13)12-16(15)21(25)23(20)14-9-5-2-6-10-14/h1-10,15-16H,11-12H2. The van der Waals surface area contributed by atoms with Crippen LogP contribution in [0.25, 0.3) is 11.5 Å². The van der Waals surface area contributed by atoms with Gasteiger partial charge in [-0.25, -0.2) is 4.98 Å². The number of carbonyl (C=O) groups is 2. The Bertz CT molecular complexity index is 953. The van der Waals surface area contributed by atoms with Crippen molar-refractivity contribution in [1.82, 2.24) is 4.98 Å². The highest BCUT2D eigenvalue weighted by atomic mass is 16.4. The number of amides is 2. The summed E-state index contributed by atoms with van der Waals surface area (Å²) in [7, 11) is 0. The number of rotatable bonds is 2. The van der Waals surface area contributed by atoms with Crippen LogP contribution >= 0.6 is 0 Å². The summed E-state index contributed by atoms with van der Waals surface area (Å²) in [5.74, 6) is 0.267. The van der Waals surface area contributed by atoms with Crippen LogP contribution in [0.5, 0.6) is 0 Å². The molecular formula is C21H16N2O3. The molecular weight excluding hydrogens is 328 g/mol. The number of fused-ring (bicyclic) bond motifs is 2. The number of anilines is 1. The Kier molecular flexibility index (Phi) is 3.28. The molecule has 5 heteroatoms. The van der Waals surface area contributed by atoms with Crippen LogP contribution in [0, 0.1) is 11.8 Å². The molecule has 1 fully saturated rings. The smallest absolute Gasteiger partial charge is 0.238 e. The van der Waals surface area contributed by atoms with E-state index in [2.05, 4.69) is 4.98 Å². The Labute approximate surface area is 150 Å². The lowest BCUT2D eigenvalue weighted by Gasteiger charge is -2.18. The molecule has 3 aromatic rings. The minimum absolute atomic E-state index is 0.138. The number of hydrogen-bond acceptors (Lipinski definition) is 4. The highest BCUT2D eigenvalue weighted by Crippen LogP contribution is 2.40. The van der Waals surface area contributed by atoms with Gasteiger partial charge < -0.3 is 4.42 Å². The molecule has 2 atom stereocenters. The topological polar surface area (TPSA) is 63.4 Å². The average Bonchev–Trinajstić information content (AvgIpc) is 3.21. The fraction of sp³-hybridized carbons (Fsp3) is 0.190. The summed E-state index contributed by atoms with van der Waals surface area (Å²) in [4.78, 5) is 31.7. The second-order valence-electron chi connectivity index (χ2n) is 6.72. The molecule has 26 heavy (non-hydrogen) atoms. The first-order chi connectivity index (χ1) is 12.7. The molecule has 2 amide bonds. The predicted octanol–water partition coefficient (Wildman–Crippen LogP) is 3.25. The molecule has 128 valence electrons. The normalized spacial score (nSPS) is 21.6. The van der Waals surface area contributed by atoms with E-state index in [4.69, 9.17) is 4.42 Å². The van der Waals surface area contributed by atoms with Crippen molar-refractivity contribution in [2.75, 3.05) is 4.90 Å². The second-order valence-corrected chi connectivity index (χ2v) is 6.72. The fourth-order valence-electron chi connectivity index (χ4n) is 3.89. The highest BCUT2D eigenvalue weighted by Gasteiger charge is 2.51. The average molecular weight is 344 g/mol. The molecule has 1 aliphatic heterocycles. The number of imide groups is 1. The third-order valence-corrected chi connectivity index (χ3v) is 5.19. The zero-order valence-electron chi connectivity index (χ0n) is 14.0. The van der Waals surface area contributed by atoms with Crippen molar-refractivity contribution in [3.8, 4) is 11.5 Å². The lowest BCUT2D eigenvalue weighted by molar-refractivity contribution is -0.122. The van der Waals surface area contributed by atoms with E-state index >= 15 is 0 Å². The lowest BCUT2D eigenvalue weighted by atomic mass is 9.82. The molecule has 0 N–H and O–H groups in total. The molecule has 5 nitrogen and oxygen atoms in total. The third kappa shape index (κ3) is 2.20. The molecule has 2 aromatic carbocycles. The van der Waals surface area contributed by atoms with Crippen LogP contribution in [0.4, 0.5) is 5.69 Å². The Morgan fingerprint density at radius 2 is 1.46 bits per heavy atom. The quantitative estimate of drug-likeness (QED) is 0.670. The van der Waals surface area contributed by atoms with E-state index in [-0.39, 0.29) is 23.7 Å². The van der Waals surface area contributed by atoms with Gasteiger partial charge in [-0.15, -0.1) is 0 Å². The zero-order chi connectivity index (χ0) is 17.7. The first kappa shape index (κ1) is 15.1. The van der Waals surface area contributed by atoms with Crippen LogP contribution in [0.1, 0.15) is 11.5 Å². The molecule has 2 unspecified atom stereocenters. The summed E-state index contributed by atoms with van der Waals surface area (Å²) in [6.45, 7) is 0. The predicted molar refractivity (Wildman–Crippen MR) is 95.3 cm³/mol. The van der Waals surface area contributed by atoms with Crippen LogP contribution in [0.2, 0.25) is 0 Å². The Hall–Kier alpha value is -3.21. The van der Waals surface area contributed by atoms with Crippen LogP contribution in [-0.2, 0) is 22.4 Å². The summed E-state index contributed by atoms with van der Waals surface area (Å²) < 4.78 is 5.93. The van der Waals surface area contributed by atoms with E-state index in [9.17, 15) is 9.59 Å². The molecule has 1 aliphatic carbocycles. The number of para-hydroxylation sites is 1. The van der Waals surface area contributed by atoms with Gasteiger partial charge in [0.15, 0.2) is 0 Å². The van der Waals surface area contributed by atoms with Crippen molar-refractivity contribution in [3.63, 3.8) is 0 Å². The van der Waals surface area contributed by atoms with E-state index < -0.39 is 0 Å². The Balaban J connectivity index is 1.48. The lowest BCUT2D eigenvalue weighted by Crippen LogP contribution is -2.31. The summed E-state index contributed by atoms with van der Waals surface area (Å²) in [6.07, 6.45) is 0.873. The van der Waals surface area contributed by atoms with Gasteiger partial charge in [0.25, 0.3) is 0 Å². The molecule has 0 radical (unpaired) electrons. The molecule has 2 aliphatic rings. The molecule has 2 heterocycles. The van der Waals surface area contributed by atoms with Gasteiger partial charge in [-0.1, -0.05) is 36.4 Å². The zero-order valence-corrected chi connectivity index (χ0v) is 14.0. The van der Waals surface area contributed by atoms with E-state index in [1.807, 2.05) is 48.5 Å². The largest absolute Gasteiger partial charge is 0.441 e. The SMILES string of the molecule is O=C1C2Cc3nc(-c4ccccc4)oc3CC2C(=O)N1c1ccccc1. The van der Waals surface area contributed by atoms with E-state index in [0.29, 0.717) is 24.4 Å². The van der Waals surface area contributed by atoms with E-state index in [1.165, 1.54) is 4.90 Å². The molecule has 0 spiro atoms. The van der Waals surface area contributed by atoms with Crippen molar-refractivity contribution in [1.29, 1.82) is 0 Å². The molecule has 0 saturated carbocycles. The van der Waals surface area contributed by atoms with Crippen molar-refractivity contribution in [3.05, 3.63) is 72.1 Å². The molecule has 0 bridgehead atoms. The molecule has 1 saturated heterocycles. The number of benzene rings is 2. The Morgan fingerprint density at radius 1 is 0.846 bits per heavy atom. The van der Waals surface area contributed by atoms with Crippen LogP contribution in [-0.4, -0.2) is 16.8 Å². The van der Waals surface area contributed by atoms with Gasteiger partial charge in [-0.2, -0.15) is 0 Å². The van der Waals surface area contributed by atoms with Crippen molar-refractivity contribution in [2.24, 2.45) is 11.8 Å². The van der Waals surface area contributed by atoms with E-state index in [1.54, 1.807) is 12.1 Å².